The van der Waals surface area contributed by atoms with E-state index in [1.54, 1.807) is 20.8 Å². The third-order valence-electron chi connectivity index (χ3n) is 1.92. The first-order valence-electron chi connectivity index (χ1n) is 5.58. The molecule has 7 heteroatoms. The van der Waals surface area contributed by atoms with Crippen LogP contribution < -0.4 is 5.32 Å². The summed E-state index contributed by atoms with van der Waals surface area (Å²) in [6.07, 6.45) is -3.53. The molecule has 0 rings (SSSR count). The molecule has 1 amide bonds. The zero-order chi connectivity index (χ0) is 14.3. The highest BCUT2D eigenvalue weighted by atomic mass is 16.6. The van der Waals surface area contributed by atoms with E-state index in [1.807, 2.05) is 0 Å². The van der Waals surface area contributed by atoms with Gasteiger partial charge in [-0.2, -0.15) is 0 Å². The molecular weight excluding hydrogens is 242 g/mol. The molecule has 0 heterocycles. The Morgan fingerprint density at radius 3 is 2.28 bits per heavy atom. The number of alkyl carbamates (subject to hydrolysis) is 1. The largest absolute Gasteiger partial charge is 0.467 e. The van der Waals surface area contributed by atoms with Crippen molar-refractivity contribution in [3.8, 4) is 0 Å². The number of amides is 1. The molecular formula is C11H21NO6. The standard InChI is InChI=1S/C11H21NO6/c1-11(2,3)18-10(16)12-6-5-7(13)8(14)9(15)17-4/h7-8,13-14H,5-6H2,1-4H3,(H,12,16)/t7-,8+/m0/s1. The first-order chi connectivity index (χ1) is 8.17. The molecule has 0 aromatic heterocycles. The lowest BCUT2D eigenvalue weighted by atomic mass is 10.1. The molecule has 0 fully saturated rings. The van der Waals surface area contributed by atoms with Gasteiger partial charge in [-0.25, -0.2) is 9.59 Å². The summed E-state index contributed by atoms with van der Waals surface area (Å²) in [5.74, 6) is -0.917. The molecule has 0 aromatic rings. The molecule has 0 radical (unpaired) electrons. The van der Waals surface area contributed by atoms with Crippen LogP contribution in [-0.2, 0) is 14.3 Å². The zero-order valence-corrected chi connectivity index (χ0v) is 11.1. The molecule has 18 heavy (non-hydrogen) atoms. The molecule has 0 aliphatic rings. The molecule has 3 N–H and O–H groups in total. The number of hydrogen-bond donors (Lipinski definition) is 3. The number of esters is 1. The fourth-order valence-electron chi connectivity index (χ4n) is 1.07. The summed E-state index contributed by atoms with van der Waals surface area (Å²) in [4.78, 5) is 22.1. The Labute approximate surface area is 106 Å². The molecule has 0 spiro atoms. The maximum atomic E-state index is 11.2. The number of rotatable bonds is 5. The van der Waals surface area contributed by atoms with Crippen LogP contribution in [0, 0.1) is 0 Å². The number of methoxy groups -OCH3 is 1. The minimum absolute atomic E-state index is 0.00943. The quantitative estimate of drug-likeness (QED) is 0.593. The summed E-state index contributed by atoms with van der Waals surface area (Å²) in [5, 5.41) is 21.1. The first kappa shape index (κ1) is 16.7. The van der Waals surface area contributed by atoms with E-state index < -0.39 is 29.9 Å². The minimum atomic E-state index is -1.62. The highest BCUT2D eigenvalue weighted by Gasteiger charge is 2.25. The van der Waals surface area contributed by atoms with Crippen LogP contribution in [-0.4, -0.2) is 53.7 Å². The molecule has 7 nitrogen and oxygen atoms in total. The number of nitrogens with one attached hydrogen (secondary N) is 1. The molecule has 0 saturated carbocycles. The van der Waals surface area contributed by atoms with E-state index in [4.69, 9.17) is 4.74 Å². The average molecular weight is 263 g/mol. The van der Waals surface area contributed by atoms with E-state index in [9.17, 15) is 19.8 Å². The van der Waals surface area contributed by atoms with E-state index in [1.165, 1.54) is 0 Å². The molecule has 0 aliphatic carbocycles. The normalized spacial score (nSPS) is 14.6. The Kier molecular flexibility index (Phi) is 6.64. The third kappa shape index (κ3) is 7.08. The lowest BCUT2D eigenvalue weighted by Gasteiger charge is -2.20. The van der Waals surface area contributed by atoms with Crippen molar-refractivity contribution in [3.05, 3.63) is 0 Å². The number of carbonyl (C=O) groups excluding carboxylic acids is 2. The van der Waals surface area contributed by atoms with Crippen molar-refractivity contribution >= 4 is 12.1 Å². The van der Waals surface area contributed by atoms with Crippen molar-refractivity contribution in [1.82, 2.24) is 5.32 Å². The van der Waals surface area contributed by atoms with Gasteiger partial charge in [0, 0.05) is 6.54 Å². The summed E-state index contributed by atoms with van der Waals surface area (Å²) in [5.41, 5.74) is -0.603. The Bertz CT molecular complexity index is 286. The van der Waals surface area contributed by atoms with Crippen LogP contribution in [0.2, 0.25) is 0 Å². The maximum absolute atomic E-state index is 11.2. The van der Waals surface area contributed by atoms with E-state index in [-0.39, 0.29) is 13.0 Å². The predicted molar refractivity (Wildman–Crippen MR) is 62.9 cm³/mol. The second-order valence-corrected chi connectivity index (χ2v) is 4.75. The zero-order valence-electron chi connectivity index (χ0n) is 11.1. The van der Waals surface area contributed by atoms with Crippen molar-refractivity contribution in [2.45, 2.75) is 45.0 Å². The van der Waals surface area contributed by atoms with Crippen molar-refractivity contribution in [3.63, 3.8) is 0 Å². The van der Waals surface area contributed by atoms with Crippen LogP contribution in [0.15, 0.2) is 0 Å². The van der Waals surface area contributed by atoms with Crippen LogP contribution in [0.1, 0.15) is 27.2 Å². The monoisotopic (exact) mass is 263 g/mol. The molecule has 106 valence electrons. The lowest BCUT2D eigenvalue weighted by Crippen LogP contribution is -2.39. The number of aliphatic hydroxyl groups excluding tert-OH is 2. The average Bonchev–Trinajstić information content (AvgIpc) is 2.24. The molecule has 0 aliphatic heterocycles. The third-order valence-corrected chi connectivity index (χ3v) is 1.92. The molecule has 0 saturated heterocycles. The van der Waals surface area contributed by atoms with Gasteiger partial charge in [0.2, 0.25) is 0 Å². The highest BCUT2D eigenvalue weighted by molar-refractivity contribution is 5.74. The Balaban J connectivity index is 3.91. The predicted octanol–water partition coefficient (Wildman–Crippen LogP) is -0.204. The van der Waals surface area contributed by atoms with Gasteiger partial charge in [-0.1, -0.05) is 0 Å². The second-order valence-electron chi connectivity index (χ2n) is 4.75. The van der Waals surface area contributed by atoms with Crippen LogP contribution in [0.3, 0.4) is 0 Å². The SMILES string of the molecule is COC(=O)[C@H](O)[C@@H](O)CCNC(=O)OC(C)(C)C. The van der Waals surface area contributed by atoms with Crippen LogP contribution in [0.5, 0.6) is 0 Å². The van der Waals surface area contributed by atoms with Gasteiger partial charge in [-0.15, -0.1) is 0 Å². The molecule has 0 bridgehead atoms. The van der Waals surface area contributed by atoms with Crippen LogP contribution in [0.25, 0.3) is 0 Å². The summed E-state index contributed by atoms with van der Waals surface area (Å²) < 4.78 is 9.23. The van der Waals surface area contributed by atoms with Crippen LogP contribution >= 0.6 is 0 Å². The van der Waals surface area contributed by atoms with E-state index in [0.717, 1.165) is 7.11 Å². The van der Waals surface area contributed by atoms with E-state index >= 15 is 0 Å². The maximum Gasteiger partial charge on any atom is 0.407 e. The summed E-state index contributed by atoms with van der Waals surface area (Å²) in [6.45, 7) is 5.25. The van der Waals surface area contributed by atoms with Gasteiger partial charge < -0.3 is 25.0 Å². The van der Waals surface area contributed by atoms with Crippen molar-refractivity contribution in [2.75, 3.05) is 13.7 Å². The molecule has 2 atom stereocenters. The Morgan fingerprint density at radius 2 is 1.83 bits per heavy atom. The van der Waals surface area contributed by atoms with Gasteiger partial charge in [-0.3, -0.25) is 0 Å². The fourth-order valence-corrected chi connectivity index (χ4v) is 1.07. The van der Waals surface area contributed by atoms with E-state index in [2.05, 4.69) is 10.1 Å². The number of ether oxygens (including phenoxy) is 2. The summed E-state index contributed by atoms with van der Waals surface area (Å²) in [7, 11) is 1.11. The van der Waals surface area contributed by atoms with Gasteiger partial charge in [0.25, 0.3) is 0 Å². The molecule has 0 aromatic carbocycles. The Morgan fingerprint density at radius 1 is 1.28 bits per heavy atom. The van der Waals surface area contributed by atoms with E-state index in [0.29, 0.717) is 0 Å². The lowest BCUT2D eigenvalue weighted by molar-refractivity contribution is -0.156. The topological polar surface area (TPSA) is 105 Å². The number of hydrogen-bond acceptors (Lipinski definition) is 6. The van der Waals surface area contributed by atoms with Gasteiger partial charge in [0.1, 0.15) is 5.60 Å². The summed E-state index contributed by atoms with van der Waals surface area (Å²) >= 11 is 0. The van der Waals surface area contributed by atoms with Crippen molar-refractivity contribution < 1.29 is 29.3 Å². The smallest absolute Gasteiger partial charge is 0.407 e. The number of aliphatic hydroxyl groups is 2. The van der Waals surface area contributed by atoms with Crippen molar-refractivity contribution in [1.29, 1.82) is 0 Å². The second kappa shape index (κ2) is 7.17. The highest BCUT2D eigenvalue weighted by Crippen LogP contribution is 2.06. The van der Waals surface area contributed by atoms with Gasteiger partial charge in [0.05, 0.1) is 13.2 Å². The van der Waals surface area contributed by atoms with Crippen molar-refractivity contribution in [2.24, 2.45) is 0 Å². The minimum Gasteiger partial charge on any atom is -0.467 e. The fraction of sp³-hybridized carbons (Fsp3) is 0.818. The summed E-state index contributed by atoms with van der Waals surface area (Å²) in [6, 6.07) is 0. The van der Waals surface area contributed by atoms with Gasteiger partial charge in [-0.05, 0) is 27.2 Å². The van der Waals surface area contributed by atoms with Gasteiger partial charge in [0.15, 0.2) is 6.10 Å². The molecule has 0 unspecified atom stereocenters. The number of carbonyl (C=O) groups is 2. The Hall–Kier alpha value is -1.34. The first-order valence-corrected chi connectivity index (χ1v) is 5.58. The van der Waals surface area contributed by atoms with Gasteiger partial charge >= 0.3 is 12.1 Å². The van der Waals surface area contributed by atoms with Crippen LogP contribution in [0.4, 0.5) is 4.79 Å².